The highest BCUT2D eigenvalue weighted by Gasteiger charge is 2.31. The van der Waals surface area contributed by atoms with Gasteiger partial charge in [-0.2, -0.15) is 0 Å². The zero-order valence-corrected chi connectivity index (χ0v) is 20.4. The van der Waals surface area contributed by atoms with Crippen LogP contribution in [-0.4, -0.2) is 27.7 Å². The quantitative estimate of drug-likeness (QED) is 0.274. The van der Waals surface area contributed by atoms with Crippen molar-refractivity contribution in [2.45, 2.75) is 108 Å². The van der Waals surface area contributed by atoms with Crippen LogP contribution in [0, 0.1) is 17.8 Å². The van der Waals surface area contributed by atoms with Gasteiger partial charge in [0.05, 0.1) is 17.5 Å². The third-order valence-corrected chi connectivity index (χ3v) is 7.62. The van der Waals surface area contributed by atoms with Gasteiger partial charge in [-0.15, -0.1) is 11.8 Å². The lowest BCUT2D eigenvalue weighted by molar-refractivity contribution is 0.0292. The molecule has 2 nitrogen and oxygen atoms in total. The molecule has 0 aliphatic carbocycles. The van der Waals surface area contributed by atoms with Gasteiger partial charge in [0.15, 0.2) is 0 Å². The first-order chi connectivity index (χ1) is 13.7. The minimum absolute atomic E-state index is 0.00316. The Bertz CT molecular complexity index is 515. The van der Waals surface area contributed by atoms with E-state index in [0.717, 1.165) is 36.0 Å². The third kappa shape index (κ3) is 12.1. The van der Waals surface area contributed by atoms with Crippen molar-refractivity contribution in [3.05, 3.63) is 30.3 Å². The van der Waals surface area contributed by atoms with Crippen molar-refractivity contribution in [1.82, 2.24) is 0 Å². The van der Waals surface area contributed by atoms with Crippen LogP contribution in [0.25, 0.3) is 0 Å². The van der Waals surface area contributed by atoms with E-state index >= 15 is 0 Å². The zero-order chi connectivity index (χ0) is 21.7. The van der Waals surface area contributed by atoms with E-state index < -0.39 is 5.60 Å². The average molecular weight is 423 g/mol. The topological polar surface area (TPSA) is 40.5 Å². The summed E-state index contributed by atoms with van der Waals surface area (Å²) in [6.45, 7) is 11.3. The molecule has 0 spiro atoms. The average Bonchev–Trinajstić information content (AvgIpc) is 2.66. The summed E-state index contributed by atoms with van der Waals surface area (Å²) in [5.41, 5.74) is -0.847. The predicted octanol–water partition coefficient (Wildman–Crippen LogP) is 7.33. The summed E-state index contributed by atoms with van der Waals surface area (Å²) in [6, 6.07) is 10.1. The minimum atomic E-state index is -0.847. The van der Waals surface area contributed by atoms with Gasteiger partial charge in [0.2, 0.25) is 0 Å². The Morgan fingerprint density at radius 3 is 1.86 bits per heavy atom. The maximum atomic E-state index is 10.9. The molecule has 0 bridgehead atoms. The molecule has 1 rings (SSSR count). The monoisotopic (exact) mass is 422 g/mol. The van der Waals surface area contributed by atoms with E-state index in [0.29, 0.717) is 5.92 Å². The second-order valence-corrected chi connectivity index (χ2v) is 11.1. The van der Waals surface area contributed by atoms with Gasteiger partial charge in [-0.1, -0.05) is 97.3 Å². The van der Waals surface area contributed by atoms with Crippen LogP contribution in [0.2, 0.25) is 0 Å². The lowest BCUT2D eigenvalue weighted by Gasteiger charge is -2.31. The zero-order valence-electron chi connectivity index (χ0n) is 19.6. The Morgan fingerprint density at radius 2 is 1.34 bits per heavy atom. The van der Waals surface area contributed by atoms with E-state index in [1.165, 1.54) is 38.5 Å². The van der Waals surface area contributed by atoms with Crippen molar-refractivity contribution in [2.24, 2.45) is 17.8 Å². The molecule has 168 valence electrons. The maximum absolute atomic E-state index is 10.9. The van der Waals surface area contributed by atoms with Crippen molar-refractivity contribution >= 4 is 11.8 Å². The van der Waals surface area contributed by atoms with Crippen LogP contribution in [0.15, 0.2) is 35.2 Å². The third-order valence-electron chi connectivity index (χ3n) is 6.13. The van der Waals surface area contributed by atoms with Crippen molar-refractivity contribution in [3.63, 3.8) is 0 Å². The minimum Gasteiger partial charge on any atom is -0.395 e. The molecule has 3 heteroatoms. The molecule has 1 aromatic rings. The standard InChI is InChI=1S/C26H46O2S/c1-21(2)12-9-13-22(3)14-10-15-23(4)16-11-19-26(5,28)25(20-27)29-24-17-7-6-8-18-24/h6-8,17-18,21-23,25,27-28H,9-16,19-20H2,1-5H3. The van der Waals surface area contributed by atoms with Gasteiger partial charge in [-0.05, 0) is 43.2 Å². The maximum Gasteiger partial charge on any atom is 0.0763 e. The summed E-state index contributed by atoms with van der Waals surface area (Å²) in [5, 5.41) is 20.6. The van der Waals surface area contributed by atoms with Gasteiger partial charge >= 0.3 is 0 Å². The fourth-order valence-electron chi connectivity index (χ4n) is 3.97. The van der Waals surface area contributed by atoms with Crippen molar-refractivity contribution in [1.29, 1.82) is 0 Å². The summed E-state index contributed by atoms with van der Waals surface area (Å²) in [5.74, 6) is 2.39. The van der Waals surface area contributed by atoms with Crippen LogP contribution in [0.1, 0.15) is 92.4 Å². The summed E-state index contributed by atoms with van der Waals surface area (Å²) in [4.78, 5) is 1.10. The number of hydrogen-bond acceptors (Lipinski definition) is 3. The molecule has 0 aliphatic rings. The van der Waals surface area contributed by atoms with Gasteiger partial charge in [0.25, 0.3) is 0 Å². The van der Waals surface area contributed by atoms with E-state index in [4.69, 9.17) is 0 Å². The van der Waals surface area contributed by atoms with Gasteiger partial charge < -0.3 is 10.2 Å². The van der Waals surface area contributed by atoms with Crippen molar-refractivity contribution in [3.8, 4) is 0 Å². The molecule has 4 atom stereocenters. The van der Waals surface area contributed by atoms with Crippen molar-refractivity contribution < 1.29 is 10.2 Å². The highest BCUT2D eigenvalue weighted by molar-refractivity contribution is 8.00. The Kier molecular flexibility index (Phi) is 13.3. The summed E-state index contributed by atoms with van der Waals surface area (Å²) >= 11 is 1.58. The fraction of sp³-hybridized carbons (Fsp3) is 0.769. The van der Waals surface area contributed by atoms with Crippen LogP contribution in [0.5, 0.6) is 0 Å². The smallest absolute Gasteiger partial charge is 0.0763 e. The van der Waals surface area contributed by atoms with E-state index in [9.17, 15) is 10.2 Å². The second-order valence-electron chi connectivity index (χ2n) is 9.82. The second kappa shape index (κ2) is 14.5. The SMILES string of the molecule is CC(C)CCCC(C)CCCC(C)CCCC(C)(O)C(CO)Sc1ccccc1. The van der Waals surface area contributed by atoms with Gasteiger partial charge in [0.1, 0.15) is 0 Å². The number of hydrogen-bond donors (Lipinski definition) is 2. The van der Waals surface area contributed by atoms with Crippen LogP contribution in [0.4, 0.5) is 0 Å². The predicted molar refractivity (Wildman–Crippen MR) is 129 cm³/mol. The normalized spacial score (nSPS) is 17.1. The van der Waals surface area contributed by atoms with Gasteiger partial charge in [0, 0.05) is 4.90 Å². The van der Waals surface area contributed by atoms with Gasteiger partial charge in [-0.25, -0.2) is 0 Å². The Morgan fingerprint density at radius 1 is 0.828 bits per heavy atom. The molecule has 0 amide bonds. The molecule has 0 heterocycles. The highest BCUT2D eigenvalue weighted by Crippen LogP contribution is 2.33. The molecule has 0 saturated heterocycles. The molecule has 0 radical (unpaired) electrons. The molecule has 1 aromatic carbocycles. The largest absolute Gasteiger partial charge is 0.395 e. The molecule has 2 N–H and O–H groups in total. The van der Waals surface area contributed by atoms with Gasteiger partial charge in [-0.3, -0.25) is 0 Å². The van der Waals surface area contributed by atoms with Crippen LogP contribution >= 0.6 is 11.8 Å². The first-order valence-corrected chi connectivity index (χ1v) is 12.7. The number of thioether (sulfide) groups is 1. The molecular weight excluding hydrogens is 376 g/mol. The summed E-state index contributed by atoms with van der Waals surface area (Å²) < 4.78 is 0. The first kappa shape index (κ1) is 26.5. The van der Waals surface area contributed by atoms with Crippen molar-refractivity contribution in [2.75, 3.05) is 6.61 Å². The lowest BCUT2D eigenvalue weighted by atomic mass is 9.89. The Labute approximate surface area is 184 Å². The summed E-state index contributed by atoms with van der Waals surface area (Å²) in [7, 11) is 0. The molecule has 0 aromatic heterocycles. The molecule has 0 aliphatic heterocycles. The number of rotatable bonds is 16. The molecule has 4 unspecified atom stereocenters. The molecule has 0 saturated carbocycles. The van der Waals surface area contributed by atoms with Crippen LogP contribution in [0.3, 0.4) is 0 Å². The van der Waals surface area contributed by atoms with Crippen LogP contribution in [-0.2, 0) is 0 Å². The molecular formula is C26H46O2S. The number of aliphatic hydroxyl groups excluding tert-OH is 1. The fourth-order valence-corrected chi connectivity index (χ4v) is 5.06. The summed E-state index contributed by atoms with van der Waals surface area (Å²) in [6.07, 6.45) is 11.0. The number of benzene rings is 1. The van der Waals surface area contributed by atoms with E-state index in [1.54, 1.807) is 11.8 Å². The molecule has 29 heavy (non-hydrogen) atoms. The van der Waals surface area contributed by atoms with E-state index in [2.05, 4.69) is 27.7 Å². The van der Waals surface area contributed by atoms with E-state index in [-0.39, 0.29) is 11.9 Å². The molecule has 0 fully saturated rings. The Balaban J connectivity index is 2.24. The highest BCUT2D eigenvalue weighted by atomic mass is 32.2. The Hall–Kier alpha value is -0.510. The number of aliphatic hydroxyl groups is 2. The lowest BCUT2D eigenvalue weighted by Crippen LogP contribution is -2.39. The first-order valence-electron chi connectivity index (χ1n) is 11.8. The van der Waals surface area contributed by atoms with E-state index in [1.807, 2.05) is 37.3 Å². The van der Waals surface area contributed by atoms with Crippen LogP contribution < -0.4 is 0 Å².